The average molecular weight is 297 g/mol. The second kappa shape index (κ2) is 4.97. The number of halogens is 1. The zero-order chi connectivity index (χ0) is 11.5. The number of aromatic nitrogens is 1. The maximum atomic E-state index is 4.49. The molecule has 0 amide bonds. The fourth-order valence-corrected chi connectivity index (χ4v) is 2.73. The SMILES string of the molecule is Cc1cccc(N(C)Cc2csc(Br)c2)n1. The molecule has 2 heterocycles. The maximum absolute atomic E-state index is 4.49. The van der Waals surface area contributed by atoms with Crippen LogP contribution in [0.1, 0.15) is 11.3 Å². The molecular formula is C12H13BrN2S. The summed E-state index contributed by atoms with van der Waals surface area (Å²) in [6.45, 7) is 2.90. The van der Waals surface area contributed by atoms with Gasteiger partial charge in [0.1, 0.15) is 5.82 Å². The van der Waals surface area contributed by atoms with Crippen molar-refractivity contribution in [2.24, 2.45) is 0 Å². The van der Waals surface area contributed by atoms with Gasteiger partial charge in [-0.05, 0) is 52.0 Å². The third-order valence-electron chi connectivity index (χ3n) is 2.31. The first-order chi connectivity index (χ1) is 7.65. The van der Waals surface area contributed by atoms with Gasteiger partial charge in [0.2, 0.25) is 0 Å². The van der Waals surface area contributed by atoms with E-state index in [0.29, 0.717) is 0 Å². The number of pyridine rings is 1. The van der Waals surface area contributed by atoms with Crippen molar-refractivity contribution in [2.75, 3.05) is 11.9 Å². The van der Waals surface area contributed by atoms with Crippen molar-refractivity contribution >= 4 is 33.1 Å². The Balaban J connectivity index is 2.11. The predicted octanol–water partition coefficient (Wildman–Crippen LogP) is 3.85. The molecule has 0 unspecified atom stereocenters. The number of anilines is 1. The van der Waals surface area contributed by atoms with E-state index in [2.05, 4.69) is 44.3 Å². The second-order valence-electron chi connectivity index (χ2n) is 3.75. The van der Waals surface area contributed by atoms with E-state index in [4.69, 9.17) is 0 Å². The highest BCUT2D eigenvalue weighted by Gasteiger charge is 2.04. The first kappa shape index (κ1) is 11.6. The van der Waals surface area contributed by atoms with Gasteiger partial charge in [-0.2, -0.15) is 0 Å². The van der Waals surface area contributed by atoms with E-state index in [0.717, 1.165) is 18.1 Å². The molecule has 16 heavy (non-hydrogen) atoms. The van der Waals surface area contributed by atoms with Gasteiger partial charge in [0, 0.05) is 19.3 Å². The van der Waals surface area contributed by atoms with Gasteiger partial charge in [-0.25, -0.2) is 4.98 Å². The third-order valence-corrected chi connectivity index (χ3v) is 3.86. The van der Waals surface area contributed by atoms with Crippen LogP contribution in [0.25, 0.3) is 0 Å². The quantitative estimate of drug-likeness (QED) is 0.855. The molecule has 0 spiro atoms. The summed E-state index contributed by atoms with van der Waals surface area (Å²) in [4.78, 5) is 6.65. The van der Waals surface area contributed by atoms with E-state index in [1.54, 1.807) is 11.3 Å². The smallest absolute Gasteiger partial charge is 0.128 e. The molecule has 0 fully saturated rings. The minimum Gasteiger partial charge on any atom is -0.355 e. The summed E-state index contributed by atoms with van der Waals surface area (Å²) in [6, 6.07) is 8.24. The zero-order valence-corrected chi connectivity index (χ0v) is 11.7. The summed E-state index contributed by atoms with van der Waals surface area (Å²) in [5.74, 6) is 1.02. The Labute approximate surface area is 108 Å². The number of rotatable bonds is 3. The van der Waals surface area contributed by atoms with Gasteiger partial charge in [-0.15, -0.1) is 11.3 Å². The minimum absolute atomic E-state index is 0.887. The lowest BCUT2D eigenvalue weighted by Gasteiger charge is -2.17. The van der Waals surface area contributed by atoms with Gasteiger partial charge < -0.3 is 4.90 Å². The van der Waals surface area contributed by atoms with Gasteiger partial charge in [0.15, 0.2) is 0 Å². The maximum Gasteiger partial charge on any atom is 0.128 e. The molecule has 0 aliphatic heterocycles. The van der Waals surface area contributed by atoms with Gasteiger partial charge in [0.25, 0.3) is 0 Å². The normalized spacial score (nSPS) is 10.4. The third kappa shape index (κ3) is 2.83. The van der Waals surface area contributed by atoms with Crippen molar-refractivity contribution in [1.82, 2.24) is 4.98 Å². The van der Waals surface area contributed by atoms with E-state index < -0.39 is 0 Å². The first-order valence-electron chi connectivity index (χ1n) is 5.03. The van der Waals surface area contributed by atoms with Gasteiger partial charge in [-0.1, -0.05) is 6.07 Å². The molecule has 0 radical (unpaired) electrons. The number of nitrogens with zero attached hydrogens (tertiary/aromatic N) is 2. The van der Waals surface area contributed by atoms with E-state index in [1.165, 1.54) is 9.35 Å². The van der Waals surface area contributed by atoms with Crippen LogP contribution in [0.4, 0.5) is 5.82 Å². The van der Waals surface area contributed by atoms with E-state index in [-0.39, 0.29) is 0 Å². The summed E-state index contributed by atoms with van der Waals surface area (Å²) in [5.41, 5.74) is 2.36. The van der Waals surface area contributed by atoms with Crippen LogP contribution in [0, 0.1) is 6.92 Å². The highest BCUT2D eigenvalue weighted by atomic mass is 79.9. The summed E-state index contributed by atoms with van der Waals surface area (Å²) in [6.07, 6.45) is 0. The Morgan fingerprint density at radius 2 is 2.25 bits per heavy atom. The fraction of sp³-hybridized carbons (Fsp3) is 0.250. The van der Waals surface area contributed by atoms with Crippen molar-refractivity contribution in [3.8, 4) is 0 Å². The van der Waals surface area contributed by atoms with Gasteiger partial charge >= 0.3 is 0 Å². The van der Waals surface area contributed by atoms with Crippen LogP contribution in [-0.4, -0.2) is 12.0 Å². The van der Waals surface area contributed by atoms with Crippen LogP contribution in [0.5, 0.6) is 0 Å². The number of thiophene rings is 1. The van der Waals surface area contributed by atoms with Crippen molar-refractivity contribution in [3.05, 3.63) is 44.7 Å². The van der Waals surface area contributed by atoms with Crippen LogP contribution in [0.3, 0.4) is 0 Å². The molecule has 0 saturated heterocycles. The van der Waals surface area contributed by atoms with Crippen molar-refractivity contribution < 1.29 is 0 Å². The molecule has 84 valence electrons. The summed E-state index contributed by atoms with van der Waals surface area (Å²) in [5, 5.41) is 2.16. The van der Waals surface area contributed by atoms with Gasteiger partial charge in [0.05, 0.1) is 3.79 Å². The lowest BCUT2D eigenvalue weighted by Crippen LogP contribution is -2.17. The van der Waals surface area contributed by atoms with Crippen molar-refractivity contribution in [3.63, 3.8) is 0 Å². The summed E-state index contributed by atoms with van der Waals surface area (Å²) < 4.78 is 1.17. The monoisotopic (exact) mass is 296 g/mol. The summed E-state index contributed by atoms with van der Waals surface area (Å²) >= 11 is 5.19. The minimum atomic E-state index is 0.887. The summed E-state index contributed by atoms with van der Waals surface area (Å²) in [7, 11) is 2.06. The van der Waals surface area contributed by atoms with Crippen molar-refractivity contribution in [1.29, 1.82) is 0 Å². The van der Waals surface area contributed by atoms with Crippen LogP contribution < -0.4 is 4.90 Å². The van der Waals surface area contributed by atoms with Gasteiger partial charge in [-0.3, -0.25) is 0 Å². The number of hydrogen-bond acceptors (Lipinski definition) is 3. The molecule has 0 N–H and O–H groups in total. The second-order valence-corrected chi connectivity index (χ2v) is 6.04. The molecule has 0 atom stereocenters. The van der Waals surface area contributed by atoms with E-state index in [9.17, 15) is 0 Å². The Morgan fingerprint density at radius 1 is 1.44 bits per heavy atom. The standard InChI is InChI=1S/C12H13BrN2S/c1-9-4-3-5-12(14-9)15(2)7-10-6-11(13)16-8-10/h3-6,8H,7H2,1-2H3. The molecule has 0 saturated carbocycles. The molecular weight excluding hydrogens is 284 g/mol. The fourth-order valence-electron chi connectivity index (χ4n) is 1.52. The Morgan fingerprint density at radius 3 is 2.88 bits per heavy atom. The predicted molar refractivity (Wildman–Crippen MR) is 73.1 cm³/mol. The molecule has 2 aromatic heterocycles. The molecule has 4 heteroatoms. The van der Waals surface area contributed by atoms with Crippen LogP contribution in [0.2, 0.25) is 0 Å². The molecule has 0 aliphatic carbocycles. The van der Waals surface area contributed by atoms with Crippen LogP contribution in [0.15, 0.2) is 33.4 Å². The van der Waals surface area contributed by atoms with Crippen LogP contribution >= 0.6 is 27.3 Å². The van der Waals surface area contributed by atoms with Crippen molar-refractivity contribution in [2.45, 2.75) is 13.5 Å². The largest absolute Gasteiger partial charge is 0.355 e. The zero-order valence-electron chi connectivity index (χ0n) is 9.27. The van der Waals surface area contributed by atoms with E-state index >= 15 is 0 Å². The highest BCUT2D eigenvalue weighted by Crippen LogP contribution is 2.22. The topological polar surface area (TPSA) is 16.1 Å². The van der Waals surface area contributed by atoms with E-state index in [1.807, 2.05) is 25.1 Å². The Kier molecular flexibility index (Phi) is 3.61. The Hall–Kier alpha value is -0.870. The highest BCUT2D eigenvalue weighted by molar-refractivity contribution is 9.11. The molecule has 2 nitrogen and oxygen atoms in total. The molecule has 2 aromatic rings. The molecule has 0 aliphatic rings. The lowest BCUT2D eigenvalue weighted by atomic mass is 10.3. The lowest BCUT2D eigenvalue weighted by molar-refractivity contribution is 0.895. The number of aryl methyl sites for hydroxylation is 1. The Bertz CT molecular complexity index is 481. The molecule has 2 rings (SSSR count). The average Bonchev–Trinajstić information content (AvgIpc) is 2.64. The molecule has 0 aromatic carbocycles. The molecule has 0 bridgehead atoms. The first-order valence-corrected chi connectivity index (χ1v) is 6.70. The number of hydrogen-bond donors (Lipinski definition) is 0. The van der Waals surface area contributed by atoms with Crippen LogP contribution in [-0.2, 0) is 6.54 Å².